The lowest BCUT2D eigenvalue weighted by Crippen LogP contribution is -2.60. The molecule has 1 saturated carbocycles. The molecule has 3 heteroatoms. The molecule has 0 radical (unpaired) electrons. The van der Waals surface area contributed by atoms with Crippen molar-refractivity contribution < 1.29 is 4.74 Å². The quantitative estimate of drug-likeness (QED) is 0.725. The molecule has 0 aromatic rings. The molecular formula is C15H32N2O. The first-order chi connectivity index (χ1) is 8.62. The minimum absolute atomic E-state index is 0.247. The van der Waals surface area contributed by atoms with E-state index in [1.54, 1.807) is 7.11 Å². The lowest BCUT2D eigenvalue weighted by molar-refractivity contribution is 0.0506. The van der Waals surface area contributed by atoms with E-state index < -0.39 is 0 Å². The van der Waals surface area contributed by atoms with Crippen LogP contribution in [0.5, 0.6) is 0 Å². The summed E-state index contributed by atoms with van der Waals surface area (Å²) in [6.07, 6.45) is 6.28. The smallest absolute Gasteiger partial charge is 0.0465 e. The third-order valence-electron chi connectivity index (χ3n) is 4.87. The number of nitrogens with zero attached hydrogens (tertiary/aromatic N) is 1. The average Bonchev–Trinajstić information content (AvgIpc) is 2.87. The molecule has 3 nitrogen and oxygen atoms in total. The molecule has 1 aliphatic carbocycles. The second kappa shape index (κ2) is 7.46. The molecule has 2 atom stereocenters. The van der Waals surface area contributed by atoms with E-state index in [1.807, 2.05) is 0 Å². The summed E-state index contributed by atoms with van der Waals surface area (Å²) in [7, 11) is 1.77. The van der Waals surface area contributed by atoms with Gasteiger partial charge in [0.25, 0.3) is 0 Å². The Kier molecular flexibility index (Phi) is 6.61. The molecular weight excluding hydrogens is 224 g/mol. The summed E-state index contributed by atoms with van der Waals surface area (Å²) >= 11 is 0. The zero-order valence-corrected chi connectivity index (χ0v) is 12.7. The SMILES string of the molecule is CCN(CC)C1(C(N)C(C)CCOC)CCCC1. The van der Waals surface area contributed by atoms with Crippen molar-refractivity contribution in [1.29, 1.82) is 0 Å². The van der Waals surface area contributed by atoms with Gasteiger partial charge in [0.1, 0.15) is 0 Å². The number of methoxy groups -OCH3 is 1. The minimum atomic E-state index is 0.247. The van der Waals surface area contributed by atoms with Crippen LogP contribution in [0.25, 0.3) is 0 Å². The molecule has 0 saturated heterocycles. The maximum atomic E-state index is 6.65. The molecule has 2 unspecified atom stereocenters. The highest BCUT2D eigenvalue weighted by atomic mass is 16.5. The summed E-state index contributed by atoms with van der Waals surface area (Å²) in [5.41, 5.74) is 6.90. The fourth-order valence-electron chi connectivity index (χ4n) is 3.71. The van der Waals surface area contributed by atoms with E-state index in [0.717, 1.165) is 26.1 Å². The van der Waals surface area contributed by atoms with E-state index in [4.69, 9.17) is 10.5 Å². The molecule has 2 N–H and O–H groups in total. The fraction of sp³-hybridized carbons (Fsp3) is 1.00. The highest BCUT2D eigenvalue weighted by Crippen LogP contribution is 2.40. The maximum absolute atomic E-state index is 6.65. The Labute approximate surface area is 113 Å². The molecule has 0 aromatic heterocycles. The van der Waals surface area contributed by atoms with E-state index >= 15 is 0 Å². The molecule has 0 bridgehead atoms. The fourth-order valence-corrected chi connectivity index (χ4v) is 3.71. The summed E-state index contributed by atoms with van der Waals surface area (Å²) in [4.78, 5) is 2.61. The third-order valence-corrected chi connectivity index (χ3v) is 4.87. The Balaban J connectivity index is 2.76. The van der Waals surface area contributed by atoms with Gasteiger partial charge in [-0.1, -0.05) is 33.6 Å². The van der Waals surface area contributed by atoms with Crippen LogP contribution in [0.2, 0.25) is 0 Å². The number of hydrogen-bond donors (Lipinski definition) is 1. The van der Waals surface area contributed by atoms with Gasteiger partial charge >= 0.3 is 0 Å². The predicted molar refractivity (Wildman–Crippen MR) is 77.8 cm³/mol. The first-order valence-corrected chi connectivity index (χ1v) is 7.62. The summed E-state index contributed by atoms with van der Waals surface area (Å²) in [5.74, 6) is 0.531. The Morgan fingerprint density at radius 2 is 1.78 bits per heavy atom. The summed E-state index contributed by atoms with van der Waals surface area (Å²) < 4.78 is 5.20. The van der Waals surface area contributed by atoms with Gasteiger partial charge in [-0.15, -0.1) is 0 Å². The van der Waals surface area contributed by atoms with Crippen LogP contribution in [0, 0.1) is 5.92 Å². The molecule has 0 aliphatic heterocycles. The van der Waals surface area contributed by atoms with Crippen LogP contribution < -0.4 is 5.73 Å². The van der Waals surface area contributed by atoms with Gasteiger partial charge in [0.2, 0.25) is 0 Å². The van der Waals surface area contributed by atoms with Gasteiger partial charge in [0.05, 0.1) is 0 Å². The molecule has 1 aliphatic rings. The number of nitrogens with two attached hydrogens (primary N) is 1. The van der Waals surface area contributed by atoms with Gasteiger partial charge in [-0.3, -0.25) is 4.90 Å². The van der Waals surface area contributed by atoms with Crippen LogP contribution in [0.15, 0.2) is 0 Å². The highest BCUT2D eigenvalue weighted by molar-refractivity contribution is 5.03. The van der Waals surface area contributed by atoms with Crippen molar-refractivity contribution in [3.8, 4) is 0 Å². The number of hydrogen-bond acceptors (Lipinski definition) is 3. The monoisotopic (exact) mass is 256 g/mol. The Morgan fingerprint density at radius 3 is 2.22 bits per heavy atom. The maximum Gasteiger partial charge on any atom is 0.0465 e. The minimum Gasteiger partial charge on any atom is -0.385 e. The van der Waals surface area contributed by atoms with Gasteiger partial charge in [-0.25, -0.2) is 0 Å². The molecule has 0 amide bonds. The van der Waals surface area contributed by atoms with Crippen molar-refractivity contribution in [2.75, 3.05) is 26.8 Å². The summed E-state index contributed by atoms with van der Waals surface area (Å²) in [5, 5.41) is 0. The molecule has 0 spiro atoms. The van der Waals surface area contributed by atoms with Crippen LogP contribution in [0.3, 0.4) is 0 Å². The van der Waals surface area contributed by atoms with Crippen LogP contribution in [-0.2, 0) is 4.74 Å². The third kappa shape index (κ3) is 3.25. The lowest BCUT2D eigenvalue weighted by Gasteiger charge is -2.47. The number of rotatable bonds is 8. The van der Waals surface area contributed by atoms with E-state index in [2.05, 4.69) is 25.7 Å². The van der Waals surface area contributed by atoms with Crippen LogP contribution in [0.4, 0.5) is 0 Å². The van der Waals surface area contributed by atoms with Crippen molar-refractivity contribution in [3.05, 3.63) is 0 Å². The van der Waals surface area contributed by atoms with E-state index in [9.17, 15) is 0 Å². The Hall–Kier alpha value is -0.120. The van der Waals surface area contributed by atoms with Gasteiger partial charge in [-0.05, 0) is 38.3 Å². The van der Waals surface area contributed by atoms with E-state index in [1.165, 1.54) is 25.7 Å². The van der Waals surface area contributed by atoms with Crippen molar-refractivity contribution in [2.24, 2.45) is 11.7 Å². The lowest BCUT2D eigenvalue weighted by atomic mass is 9.78. The molecule has 108 valence electrons. The predicted octanol–water partition coefficient (Wildman–Crippen LogP) is 2.64. The zero-order valence-electron chi connectivity index (χ0n) is 12.7. The molecule has 0 heterocycles. The van der Waals surface area contributed by atoms with E-state index in [-0.39, 0.29) is 11.6 Å². The van der Waals surface area contributed by atoms with Crippen molar-refractivity contribution >= 4 is 0 Å². The summed E-state index contributed by atoms with van der Waals surface area (Å²) in [6.45, 7) is 9.85. The van der Waals surface area contributed by atoms with Gasteiger partial charge < -0.3 is 10.5 Å². The first kappa shape index (κ1) is 15.9. The number of likely N-dealkylation sites (N-methyl/N-ethyl adjacent to an activating group) is 1. The largest absolute Gasteiger partial charge is 0.385 e. The van der Waals surface area contributed by atoms with Gasteiger partial charge in [0, 0.05) is 25.3 Å². The Morgan fingerprint density at radius 1 is 1.22 bits per heavy atom. The normalized spacial score (nSPS) is 22.3. The van der Waals surface area contributed by atoms with Crippen LogP contribution >= 0.6 is 0 Å². The van der Waals surface area contributed by atoms with Crippen LogP contribution in [-0.4, -0.2) is 43.3 Å². The van der Waals surface area contributed by atoms with Crippen LogP contribution in [0.1, 0.15) is 52.9 Å². The van der Waals surface area contributed by atoms with E-state index in [0.29, 0.717) is 5.92 Å². The molecule has 18 heavy (non-hydrogen) atoms. The number of ether oxygens (including phenoxy) is 1. The second-order valence-corrected chi connectivity index (χ2v) is 5.77. The van der Waals surface area contributed by atoms with Crippen molar-refractivity contribution in [1.82, 2.24) is 4.90 Å². The van der Waals surface area contributed by atoms with Gasteiger partial charge in [-0.2, -0.15) is 0 Å². The van der Waals surface area contributed by atoms with Crippen molar-refractivity contribution in [3.63, 3.8) is 0 Å². The molecule has 1 fully saturated rings. The van der Waals surface area contributed by atoms with Crippen molar-refractivity contribution in [2.45, 2.75) is 64.5 Å². The summed E-state index contributed by atoms with van der Waals surface area (Å²) in [6, 6.07) is 0.273. The van der Waals surface area contributed by atoms with Gasteiger partial charge in [0.15, 0.2) is 0 Å². The second-order valence-electron chi connectivity index (χ2n) is 5.77. The first-order valence-electron chi connectivity index (χ1n) is 7.62. The topological polar surface area (TPSA) is 38.5 Å². The molecule has 1 rings (SSSR count). The average molecular weight is 256 g/mol. The zero-order chi connectivity index (χ0) is 13.6. The standard InChI is InChI=1S/C15H32N2O/c1-5-17(6-2)15(10-7-8-11-15)14(16)13(3)9-12-18-4/h13-14H,5-12,16H2,1-4H3. The highest BCUT2D eigenvalue weighted by Gasteiger charge is 2.44. The Bertz CT molecular complexity index is 223. The molecule has 0 aromatic carbocycles.